The molecule has 0 saturated heterocycles. The van der Waals surface area contributed by atoms with Crippen molar-refractivity contribution in [1.82, 2.24) is 9.97 Å². The van der Waals surface area contributed by atoms with E-state index >= 15 is 0 Å². The van der Waals surface area contributed by atoms with Crippen LogP contribution in [-0.4, -0.2) is 9.97 Å². The van der Waals surface area contributed by atoms with Crippen molar-refractivity contribution in [3.05, 3.63) is 64.9 Å². The quantitative estimate of drug-likeness (QED) is 0.708. The average molecular weight is 298 g/mol. The number of para-hydroxylation sites is 1. The zero-order chi connectivity index (χ0) is 14.8. The molecule has 4 heteroatoms. The molecule has 0 aliphatic heterocycles. The van der Waals surface area contributed by atoms with Crippen LogP contribution >= 0.6 is 11.6 Å². The maximum Gasteiger partial charge on any atom is 0.224 e. The normalized spacial score (nSPS) is 12.3. The van der Waals surface area contributed by atoms with Gasteiger partial charge in [-0.25, -0.2) is 9.97 Å². The Labute approximate surface area is 129 Å². The van der Waals surface area contributed by atoms with E-state index < -0.39 is 0 Å². The van der Waals surface area contributed by atoms with Crippen molar-refractivity contribution in [1.29, 1.82) is 0 Å². The number of hydrogen-bond acceptors (Lipinski definition) is 3. The number of halogens is 1. The van der Waals surface area contributed by atoms with E-state index in [-0.39, 0.29) is 11.3 Å². The Balaban J connectivity index is 1.95. The molecule has 0 spiro atoms. The van der Waals surface area contributed by atoms with Crippen molar-refractivity contribution < 1.29 is 0 Å². The fourth-order valence-electron chi connectivity index (χ4n) is 2.30. The second-order valence-electron chi connectivity index (χ2n) is 5.14. The van der Waals surface area contributed by atoms with Crippen LogP contribution in [0.4, 0.5) is 5.82 Å². The van der Waals surface area contributed by atoms with Crippen LogP contribution in [0.25, 0.3) is 10.9 Å². The maximum atomic E-state index is 6.01. The molecule has 0 saturated carbocycles. The molecule has 1 unspecified atom stereocenters. The molecule has 0 aliphatic rings. The van der Waals surface area contributed by atoms with E-state index in [0.717, 1.165) is 16.7 Å². The van der Waals surface area contributed by atoms with Gasteiger partial charge in [-0.3, -0.25) is 0 Å². The minimum atomic E-state index is 0.139. The van der Waals surface area contributed by atoms with Crippen molar-refractivity contribution in [3.63, 3.8) is 0 Å². The summed E-state index contributed by atoms with van der Waals surface area (Å²) < 4.78 is 0. The number of aromatic nitrogens is 2. The largest absolute Gasteiger partial charge is 0.363 e. The van der Waals surface area contributed by atoms with Crippen LogP contribution < -0.4 is 5.32 Å². The van der Waals surface area contributed by atoms with Gasteiger partial charge in [0.05, 0.1) is 5.52 Å². The van der Waals surface area contributed by atoms with Crippen LogP contribution in [0, 0.1) is 6.92 Å². The number of nitrogens with zero attached hydrogens (tertiary/aromatic N) is 2. The van der Waals surface area contributed by atoms with Gasteiger partial charge in [-0.1, -0.05) is 42.0 Å². The first-order valence-corrected chi connectivity index (χ1v) is 7.26. The standard InChI is InChI=1S/C17H16ClN3/c1-11-7-9-13(10-8-11)12(2)19-16-14-5-3-4-6-15(14)20-17(18)21-16/h3-10,12H,1-2H3,(H,19,20,21). The van der Waals surface area contributed by atoms with Gasteiger partial charge < -0.3 is 5.32 Å². The Morgan fingerprint density at radius 3 is 2.48 bits per heavy atom. The van der Waals surface area contributed by atoms with Gasteiger partial charge in [0.15, 0.2) is 0 Å². The van der Waals surface area contributed by atoms with Gasteiger partial charge in [-0.05, 0) is 43.1 Å². The maximum absolute atomic E-state index is 6.01. The number of anilines is 1. The van der Waals surface area contributed by atoms with Crippen LogP contribution in [0.2, 0.25) is 5.28 Å². The Kier molecular flexibility index (Phi) is 3.76. The minimum Gasteiger partial charge on any atom is -0.363 e. The van der Waals surface area contributed by atoms with E-state index in [0.29, 0.717) is 0 Å². The van der Waals surface area contributed by atoms with Gasteiger partial charge in [0.1, 0.15) is 5.82 Å². The molecule has 3 nitrogen and oxygen atoms in total. The lowest BCUT2D eigenvalue weighted by Crippen LogP contribution is -2.09. The summed E-state index contributed by atoms with van der Waals surface area (Å²) in [5.41, 5.74) is 3.30. The summed E-state index contributed by atoms with van der Waals surface area (Å²) in [6, 6.07) is 16.5. The van der Waals surface area contributed by atoms with Crippen molar-refractivity contribution in [2.45, 2.75) is 19.9 Å². The number of hydrogen-bond donors (Lipinski definition) is 1. The third-order valence-electron chi connectivity index (χ3n) is 3.51. The Morgan fingerprint density at radius 1 is 1.00 bits per heavy atom. The van der Waals surface area contributed by atoms with E-state index in [1.807, 2.05) is 24.3 Å². The number of nitrogens with one attached hydrogen (secondary N) is 1. The molecule has 0 fully saturated rings. The van der Waals surface area contributed by atoms with Crippen molar-refractivity contribution in [2.24, 2.45) is 0 Å². The molecule has 0 bridgehead atoms. The number of rotatable bonds is 3. The van der Waals surface area contributed by atoms with Crippen LogP contribution in [0.15, 0.2) is 48.5 Å². The molecule has 0 aliphatic carbocycles. The molecule has 2 aromatic carbocycles. The number of aryl methyl sites for hydroxylation is 1. The molecule has 1 atom stereocenters. The molecule has 3 aromatic rings. The van der Waals surface area contributed by atoms with Crippen LogP contribution in [-0.2, 0) is 0 Å². The summed E-state index contributed by atoms with van der Waals surface area (Å²) >= 11 is 6.01. The van der Waals surface area contributed by atoms with E-state index in [1.165, 1.54) is 11.1 Å². The molecule has 0 radical (unpaired) electrons. The van der Waals surface area contributed by atoms with Crippen LogP contribution in [0.3, 0.4) is 0 Å². The summed E-state index contributed by atoms with van der Waals surface area (Å²) in [6.07, 6.45) is 0. The number of benzene rings is 2. The van der Waals surface area contributed by atoms with Gasteiger partial charge in [0.2, 0.25) is 5.28 Å². The average Bonchev–Trinajstić information content (AvgIpc) is 2.47. The first-order valence-electron chi connectivity index (χ1n) is 6.89. The minimum absolute atomic E-state index is 0.139. The van der Waals surface area contributed by atoms with Gasteiger partial charge >= 0.3 is 0 Å². The van der Waals surface area contributed by atoms with Crippen molar-refractivity contribution >= 4 is 28.3 Å². The Hall–Kier alpha value is -2.13. The van der Waals surface area contributed by atoms with Gasteiger partial charge in [0, 0.05) is 11.4 Å². The molecular weight excluding hydrogens is 282 g/mol. The van der Waals surface area contributed by atoms with Crippen LogP contribution in [0.1, 0.15) is 24.1 Å². The van der Waals surface area contributed by atoms with Crippen molar-refractivity contribution in [2.75, 3.05) is 5.32 Å². The molecule has 3 rings (SSSR count). The topological polar surface area (TPSA) is 37.8 Å². The van der Waals surface area contributed by atoms with E-state index in [9.17, 15) is 0 Å². The predicted molar refractivity (Wildman–Crippen MR) is 87.8 cm³/mol. The Morgan fingerprint density at radius 2 is 1.71 bits per heavy atom. The second-order valence-corrected chi connectivity index (χ2v) is 5.47. The zero-order valence-corrected chi connectivity index (χ0v) is 12.7. The Bertz CT molecular complexity index is 769. The summed E-state index contributed by atoms with van der Waals surface area (Å²) in [4.78, 5) is 8.57. The molecule has 21 heavy (non-hydrogen) atoms. The monoisotopic (exact) mass is 297 g/mol. The van der Waals surface area contributed by atoms with Gasteiger partial charge in [0.25, 0.3) is 0 Å². The number of fused-ring (bicyclic) bond motifs is 1. The summed E-state index contributed by atoms with van der Waals surface area (Å²) in [7, 11) is 0. The van der Waals surface area contributed by atoms with E-state index in [2.05, 4.69) is 53.4 Å². The third kappa shape index (κ3) is 2.98. The fourth-order valence-corrected chi connectivity index (χ4v) is 2.48. The second kappa shape index (κ2) is 5.70. The summed E-state index contributed by atoms with van der Waals surface area (Å²) in [6.45, 7) is 4.19. The van der Waals surface area contributed by atoms with Crippen LogP contribution in [0.5, 0.6) is 0 Å². The highest BCUT2D eigenvalue weighted by Crippen LogP contribution is 2.25. The first kappa shape index (κ1) is 13.8. The highest BCUT2D eigenvalue weighted by atomic mass is 35.5. The molecule has 1 N–H and O–H groups in total. The first-order chi connectivity index (χ1) is 10.1. The van der Waals surface area contributed by atoms with E-state index in [1.54, 1.807) is 0 Å². The predicted octanol–water partition coefficient (Wildman–Crippen LogP) is 4.76. The highest BCUT2D eigenvalue weighted by Gasteiger charge is 2.10. The highest BCUT2D eigenvalue weighted by molar-refractivity contribution is 6.28. The van der Waals surface area contributed by atoms with E-state index in [4.69, 9.17) is 11.6 Å². The fraction of sp³-hybridized carbons (Fsp3) is 0.176. The van der Waals surface area contributed by atoms with Crippen molar-refractivity contribution in [3.8, 4) is 0 Å². The molecule has 1 aromatic heterocycles. The lowest BCUT2D eigenvalue weighted by atomic mass is 10.1. The lowest BCUT2D eigenvalue weighted by molar-refractivity contribution is 0.875. The SMILES string of the molecule is Cc1ccc(C(C)Nc2nc(Cl)nc3ccccc23)cc1. The summed E-state index contributed by atoms with van der Waals surface area (Å²) in [5, 5.41) is 4.66. The molecular formula is C17H16ClN3. The zero-order valence-electron chi connectivity index (χ0n) is 12.0. The van der Waals surface area contributed by atoms with Gasteiger partial charge in [-0.2, -0.15) is 0 Å². The smallest absolute Gasteiger partial charge is 0.224 e. The molecule has 106 valence electrons. The lowest BCUT2D eigenvalue weighted by Gasteiger charge is -2.16. The molecule has 0 amide bonds. The van der Waals surface area contributed by atoms with Gasteiger partial charge in [-0.15, -0.1) is 0 Å². The summed E-state index contributed by atoms with van der Waals surface area (Å²) in [5.74, 6) is 0.763. The molecule has 1 heterocycles. The third-order valence-corrected chi connectivity index (χ3v) is 3.68.